The molecule has 1 rings (SSSR count). The normalized spacial score (nSPS) is 11.6. The first-order valence-electron chi connectivity index (χ1n) is 8.97. The molecular formula is C18H30N4O3. The van der Waals surface area contributed by atoms with Crippen LogP contribution >= 0.6 is 0 Å². The number of carbonyl (C=O) groups excluding carboxylic acids is 2. The zero-order chi connectivity index (χ0) is 18.3. The molecule has 0 aromatic carbocycles. The number of nitrogens with two attached hydrogens (primary N) is 1. The van der Waals surface area contributed by atoms with Gasteiger partial charge in [-0.1, -0.05) is 25.3 Å². The third-order valence-electron chi connectivity index (χ3n) is 3.73. The summed E-state index contributed by atoms with van der Waals surface area (Å²) in [5, 5.41) is 5.66. The minimum atomic E-state index is -0.461. The molecule has 0 radical (unpaired) electrons. The van der Waals surface area contributed by atoms with Gasteiger partial charge in [-0.05, 0) is 37.9 Å². The van der Waals surface area contributed by atoms with Crippen molar-refractivity contribution >= 4 is 12.0 Å². The molecule has 0 saturated heterocycles. The molecule has 0 aliphatic rings. The molecule has 2 amide bonds. The maximum Gasteiger partial charge on any atom is 0.315 e. The molecule has 7 heteroatoms. The topological polar surface area (TPSA) is 106 Å². The average molecular weight is 350 g/mol. The van der Waals surface area contributed by atoms with E-state index < -0.39 is 6.04 Å². The van der Waals surface area contributed by atoms with Gasteiger partial charge in [-0.2, -0.15) is 0 Å². The fourth-order valence-corrected chi connectivity index (χ4v) is 2.43. The largest absolute Gasteiger partial charge is 0.466 e. The van der Waals surface area contributed by atoms with Crippen molar-refractivity contribution in [1.29, 1.82) is 0 Å². The molecule has 0 spiro atoms. The second kappa shape index (κ2) is 13.2. The number of unbranched alkanes of at least 4 members (excludes halogenated alkanes) is 4. The van der Waals surface area contributed by atoms with E-state index in [0.717, 1.165) is 44.2 Å². The Balaban J connectivity index is 2.40. The van der Waals surface area contributed by atoms with Crippen LogP contribution in [-0.2, 0) is 9.53 Å². The summed E-state index contributed by atoms with van der Waals surface area (Å²) in [5.74, 6) is -0.350. The third kappa shape index (κ3) is 9.66. The Morgan fingerprint density at radius 1 is 1.24 bits per heavy atom. The highest BCUT2D eigenvalue weighted by Gasteiger charge is 2.19. The molecule has 4 N–H and O–H groups in total. The summed E-state index contributed by atoms with van der Waals surface area (Å²) in [6.45, 7) is 3.41. The smallest absolute Gasteiger partial charge is 0.315 e. The van der Waals surface area contributed by atoms with Gasteiger partial charge in [0, 0.05) is 18.9 Å². The Morgan fingerprint density at radius 3 is 2.68 bits per heavy atom. The number of ether oxygens (including phenoxy) is 1. The van der Waals surface area contributed by atoms with E-state index in [1.165, 1.54) is 0 Å². The Hall–Kier alpha value is -2.15. The van der Waals surface area contributed by atoms with Gasteiger partial charge in [0.2, 0.25) is 0 Å². The van der Waals surface area contributed by atoms with E-state index in [4.69, 9.17) is 10.5 Å². The summed E-state index contributed by atoms with van der Waals surface area (Å²) >= 11 is 0. The van der Waals surface area contributed by atoms with Gasteiger partial charge in [-0.15, -0.1) is 0 Å². The van der Waals surface area contributed by atoms with Crippen molar-refractivity contribution in [2.75, 3.05) is 19.7 Å². The van der Waals surface area contributed by atoms with E-state index in [1.807, 2.05) is 6.07 Å². The number of pyridine rings is 1. The summed E-state index contributed by atoms with van der Waals surface area (Å²) < 4.78 is 4.98. The molecule has 0 saturated carbocycles. The standard InChI is InChI=1S/C18H30N4O3/c1-2-25-17(23)13-16(15-9-8-11-20-14-15)22-18(24)21-12-7-5-3-4-6-10-19/h8-9,11,14,16H,2-7,10,12-13,19H2,1H3,(H2,21,22,24). The Kier molecular flexibility index (Phi) is 11.0. The highest BCUT2D eigenvalue weighted by molar-refractivity contribution is 5.76. The van der Waals surface area contributed by atoms with Gasteiger partial charge in [-0.3, -0.25) is 9.78 Å². The molecule has 1 aromatic rings. The number of hydrogen-bond donors (Lipinski definition) is 3. The monoisotopic (exact) mass is 350 g/mol. The summed E-state index contributed by atoms with van der Waals surface area (Å²) in [5.41, 5.74) is 6.22. The summed E-state index contributed by atoms with van der Waals surface area (Å²) in [4.78, 5) is 27.9. The van der Waals surface area contributed by atoms with Crippen molar-refractivity contribution < 1.29 is 14.3 Å². The fraction of sp³-hybridized carbons (Fsp3) is 0.611. The van der Waals surface area contributed by atoms with Crippen LogP contribution in [0.4, 0.5) is 4.79 Å². The lowest BCUT2D eigenvalue weighted by Crippen LogP contribution is -2.39. The zero-order valence-corrected chi connectivity index (χ0v) is 15.0. The van der Waals surface area contributed by atoms with Gasteiger partial charge in [0.25, 0.3) is 0 Å². The van der Waals surface area contributed by atoms with Gasteiger partial charge >= 0.3 is 12.0 Å². The molecule has 1 aromatic heterocycles. The van der Waals surface area contributed by atoms with E-state index in [0.29, 0.717) is 13.2 Å². The second-order valence-electron chi connectivity index (χ2n) is 5.80. The molecule has 0 aliphatic heterocycles. The predicted octanol–water partition coefficient (Wildman–Crippen LogP) is 2.28. The van der Waals surface area contributed by atoms with Crippen molar-refractivity contribution in [2.45, 2.75) is 51.5 Å². The number of aromatic nitrogens is 1. The van der Waals surface area contributed by atoms with Crippen molar-refractivity contribution in [2.24, 2.45) is 5.73 Å². The van der Waals surface area contributed by atoms with E-state index >= 15 is 0 Å². The first-order valence-corrected chi connectivity index (χ1v) is 8.97. The van der Waals surface area contributed by atoms with Crippen LogP contribution in [0.15, 0.2) is 24.5 Å². The first-order chi connectivity index (χ1) is 12.2. The van der Waals surface area contributed by atoms with E-state index in [2.05, 4.69) is 15.6 Å². The van der Waals surface area contributed by atoms with Crippen molar-refractivity contribution in [3.8, 4) is 0 Å². The third-order valence-corrected chi connectivity index (χ3v) is 3.73. The maximum absolute atomic E-state index is 12.1. The molecule has 1 heterocycles. The Labute approximate surface area is 149 Å². The fourth-order valence-electron chi connectivity index (χ4n) is 2.43. The number of nitrogens with one attached hydrogen (secondary N) is 2. The van der Waals surface area contributed by atoms with Gasteiger partial charge in [0.15, 0.2) is 0 Å². The molecule has 7 nitrogen and oxygen atoms in total. The number of carbonyl (C=O) groups is 2. The van der Waals surface area contributed by atoms with Gasteiger partial charge in [0.05, 0.1) is 19.1 Å². The molecule has 140 valence electrons. The Bertz CT molecular complexity index is 496. The number of nitrogens with zero attached hydrogens (tertiary/aromatic N) is 1. The van der Waals surface area contributed by atoms with Crippen LogP contribution in [-0.4, -0.2) is 36.7 Å². The minimum absolute atomic E-state index is 0.0754. The summed E-state index contributed by atoms with van der Waals surface area (Å²) in [7, 11) is 0. The van der Waals surface area contributed by atoms with E-state index in [9.17, 15) is 9.59 Å². The highest BCUT2D eigenvalue weighted by Crippen LogP contribution is 2.16. The first kappa shape index (κ1) is 20.9. The number of urea groups is 1. The van der Waals surface area contributed by atoms with Gasteiger partial charge < -0.3 is 21.1 Å². The maximum atomic E-state index is 12.1. The molecule has 0 fully saturated rings. The SMILES string of the molecule is CCOC(=O)CC(NC(=O)NCCCCCCCN)c1cccnc1. The van der Waals surface area contributed by atoms with Crippen LogP contribution in [0.3, 0.4) is 0 Å². The van der Waals surface area contributed by atoms with Crippen molar-refractivity contribution in [1.82, 2.24) is 15.6 Å². The van der Waals surface area contributed by atoms with Gasteiger partial charge in [0.1, 0.15) is 0 Å². The van der Waals surface area contributed by atoms with Crippen LogP contribution in [0.2, 0.25) is 0 Å². The number of hydrogen-bond acceptors (Lipinski definition) is 5. The Morgan fingerprint density at radius 2 is 2.00 bits per heavy atom. The number of amides is 2. The lowest BCUT2D eigenvalue weighted by molar-refractivity contribution is -0.143. The van der Waals surface area contributed by atoms with Crippen molar-refractivity contribution in [3.63, 3.8) is 0 Å². The predicted molar refractivity (Wildman–Crippen MR) is 96.9 cm³/mol. The lowest BCUT2D eigenvalue weighted by atomic mass is 10.1. The molecular weight excluding hydrogens is 320 g/mol. The average Bonchev–Trinajstić information content (AvgIpc) is 2.61. The van der Waals surface area contributed by atoms with Gasteiger partial charge in [-0.25, -0.2) is 4.79 Å². The van der Waals surface area contributed by atoms with Crippen LogP contribution in [0, 0.1) is 0 Å². The summed E-state index contributed by atoms with van der Waals surface area (Å²) in [6, 6.07) is 2.85. The van der Waals surface area contributed by atoms with E-state index in [1.54, 1.807) is 25.4 Å². The second-order valence-corrected chi connectivity index (χ2v) is 5.80. The molecule has 1 unspecified atom stereocenters. The van der Waals surface area contributed by atoms with Crippen LogP contribution in [0.1, 0.15) is 57.1 Å². The molecule has 1 atom stereocenters. The zero-order valence-electron chi connectivity index (χ0n) is 15.0. The molecule has 0 aliphatic carbocycles. The summed E-state index contributed by atoms with van der Waals surface area (Å²) in [6.07, 6.45) is 8.66. The number of rotatable bonds is 12. The van der Waals surface area contributed by atoms with Crippen LogP contribution < -0.4 is 16.4 Å². The number of esters is 1. The van der Waals surface area contributed by atoms with Crippen molar-refractivity contribution in [3.05, 3.63) is 30.1 Å². The quantitative estimate of drug-likeness (QED) is 0.396. The van der Waals surface area contributed by atoms with E-state index in [-0.39, 0.29) is 18.4 Å². The minimum Gasteiger partial charge on any atom is -0.466 e. The highest BCUT2D eigenvalue weighted by atomic mass is 16.5. The molecule has 0 bridgehead atoms. The van der Waals surface area contributed by atoms with Crippen LogP contribution in [0.5, 0.6) is 0 Å². The lowest BCUT2D eigenvalue weighted by Gasteiger charge is -2.18. The molecule has 25 heavy (non-hydrogen) atoms. The van der Waals surface area contributed by atoms with Crippen LogP contribution in [0.25, 0.3) is 0 Å².